The zero-order chi connectivity index (χ0) is 17.0. The largest absolute Gasteiger partial charge is 0.361 e. The molecule has 1 saturated heterocycles. The number of likely N-dealkylation sites (tertiary alicyclic amines) is 1. The molecular formula is C16H25N5O2. The Morgan fingerprint density at radius 1 is 1.43 bits per heavy atom. The molecule has 3 amide bonds. The molecule has 7 nitrogen and oxygen atoms in total. The molecule has 0 bridgehead atoms. The second-order valence-electron chi connectivity index (χ2n) is 5.93. The molecule has 1 fully saturated rings. The van der Waals surface area contributed by atoms with Gasteiger partial charge in [-0.15, -0.1) is 0 Å². The molecule has 1 aromatic rings. The Labute approximate surface area is 137 Å². The summed E-state index contributed by atoms with van der Waals surface area (Å²) in [4.78, 5) is 32.5. The number of hydrogen-bond donors (Lipinski definition) is 2. The van der Waals surface area contributed by atoms with E-state index in [1.54, 1.807) is 4.90 Å². The molecule has 2 N–H and O–H groups in total. The predicted octanol–water partition coefficient (Wildman–Crippen LogP) is 1.59. The number of likely N-dealkylation sites (N-methyl/N-ethyl adjacent to an activating group) is 1. The third-order valence-corrected chi connectivity index (χ3v) is 3.90. The lowest BCUT2D eigenvalue weighted by Crippen LogP contribution is -2.53. The molecule has 1 unspecified atom stereocenters. The van der Waals surface area contributed by atoms with E-state index in [2.05, 4.69) is 15.6 Å². The van der Waals surface area contributed by atoms with Crippen LogP contribution < -0.4 is 15.5 Å². The fraction of sp³-hybridized carbons (Fsp3) is 0.562. The van der Waals surface area contributed by atoms with Crippen LogP contribution in [0, 0.1) is 6.92 Å². The first kappa shape index (κ1) is 17.1. The molecule has 23 heavy (non-hydrogen) atoms. The highest BCUT2D eigenvalue weighted by atomic mass is 16.2. The molecule has 7 heteroatoms. The normalized spacial score (nSPS) is 17.8. The Balaban J connectivity index is 2.04. The number of nitrogens with one attached hydrogen (secondary N) is 2. The van der Waals surface area contributed by atoms with Gasteiger partial charge in [0.2, 0.25) is 5.91 Å². The number of anilines is 2. The van der Waals surface area contributed by atoms with Gasteiger partial charge in [-0.05, 0) is 38.8 Å². The van der Waals surface area contributed by atoms with Crippen molar-refractivity contribution < 1.29 is 9.59 Å². The third kappa shape index (κ3) is 4.12. The number of rotatable bonds is 4. The summed E-state index contributed by atoms with van der Waals surface area (Å²) in [5, 5.41) is 5.57. The minimum Gasteiger partial charge on any atom is -0.361 e. The van der Waals surface area contributed by atoms with E-state index in [0.717, 1.165) is 18.7 Å². The molecule has 1 aromatic heterocycles. The van der Waals surface area contributed by atoms with Gasteiger partial charge in [0, 0.05) is 32.9 Å². The summed E-state index contributed by atoms with van der Waals surface area (Å²) in [5.41, 5.74) is 1.49. The number of urea groups is 1. The second-order valence-corrected chi connectivity index (χ2v) is 5.93. The fourth-order valence-electron chi connectivity index (χ4n) is 2.69. The molecule has 0 spiro atoms. The maximum absolute atomic E-state index is 12.2. The van der Waals surface area contributed by atoms with E-state index >= 15 is 0 Å². The number of piperidine rings is 1. The van der Waals surface area contributed by atoms with Crippen molar-refractivity contribution in [1.82, 2.24) is 15.2 Å². The number of carbonyl (C=O) groups excluding carboxylic acids is 2. The summed E-state index contributed by atoms with van der Waals surface area (Å²) in [7, 11) is 3.74. The molecule has 0 radical (unpaired) electrons. The number of hydrogen-bond acceptors (Lipinski definition) is 4. The van der Waals surface area contributed by atoms with Crippen LogP contribution in [0.2, 0.25) is 0 Å². The van der Waals surface area contributed by atoms with Crippen molar-refractivity contribution in [2.75, 3.05) is 37.4 Å². The lowest BCUT2D eigenvalue weighted by Gasteiger charge is -2.31. The molecular weight excluding hydrogens is 294 g/mol. The van der Waals surface area contributed by atoms with Crippen molar-refractivity contribution in [3.05, 3.63) is 17.8 Å². The first-order valence-corrected chi connectivity index (χ1v) is 7.93. The summed E-state index contributed by atoms with van der Waals surface area (Å²) in [5.74, 6) is 0.675. The van der Waals surface area contributed by atoms with E-state index in [1.807, 2.05) is 45.0 Å². The van der Waals surface area contributed by atoms with Gasteiger partial charge >= 0.3 is 6.03 Å². The molecule has 0 aliphatic carbocycles. The molecule has 2 heterocycles. The van der Waals surface area contributed by atoms with Gasteiger partial charge in [0.05, 0.1) is 5.69 Å². The quantitative estimate of drug-likeness (QED) is 0.883. The lowest BCUT2D eigenvalue weighted by molar-refractivity contribution is -0.135. The third-order valence-electron chi connectivity index (χ3n) is 3.90. The number of amides is 3. The average Bonchev–Trinajstić information content (AvgIpc) is 2.51. The molecule has 126 valence electrons. The second kappa shape index (κ2) is 7.30. The van der Waals surface area contributed by atoms with Crippen LogP contribution in [0.25, 0.3) is 0 Å². The van der Waals surface area contributed by atoms with E-state index in [-0.39, 0.29) is 11.9 Å². The highest BCUT2D eigenvalue weighted by molar-refractivity contribution is 5.95. The minimum absolute atomic E-state index is 0.0104. The number of aryl methyl sites for hydroxylation is 1. The van der Waals surface area contributed by atoms with Gasteiger partial charge in [0.25, 0.3) is 0 Å². The van der Waals surface area contributed by atoms with Gasteiger partial charge in [0.1, 0.15) is 6.04 Å². The number of pyridine rings is 1. The van der Waals surface area contributed by atoms with Gasteiger partial charge in [-0.3, -0.25) is 4.79 Å². The van der Waals surface area contributed by atoms with Gasteiger partial charge < -0.3 is 20.4 Å². The zero-order valence-corrected chi connectivity index (χ0v) is 14.2. The Hall–Kier alpha value is -2.31. The SMILES string of the molecule is CCN1CCCC(NC(=O)Nc2ccc(C)nc2N(C)C)C1=O. The summed E-state index contributed by atoms with van der Waals surface area (Å²) in [6.45, 7) is 5.28. The standard InChI is InChI=1S/C16H25N5O2/c1-5-21-10-6-7-13(15(21)22)19-16(23)18-12-9-8-11(2)17-14(12)20(3)4/h8-9,13H,5-7,10H2,1-4H3,(H2,18,19,23). The maximum Gasteiger partial charge on any atom is 0.319 e. The van der Waals surface area contributed by atoms with Crippen LogP contribution in [0.4, 0.5) is 16.3 Å². The predicted molar refractivity (Wildman–Crippen MR) is 90.7 cm³/mol. The number of nitrogens with zero attached hydrogens (tertiary/aromatic N) is 3. The van der Waals surface area contributed by atoms with Crippen molar-refractivity contribution in [2.24, 2.45) is 0 Å². The lowest BCUT2D eigenvalue weighted by atomic mass is 10.1. The van der Waals surface area contributed by atoms with Crippen molar-refractivity contribution in [2.45, 2.75) is 32.7 Å². The molecule has 1 aliphatic heterocycles. The van der Waals surface area contributed by atoms with Crippen molar-refractivity contribution in [1.29, 1.82) is 0 Å². The number of aromatic nitrogens is 1. The van der Waals surface area contributed by atoms with Gasteiger partial charge in [-0.2, -0.15) is 0 Å². The van der Waals surface area contributed by atoms with Gasteiger partial charge in [-0.25, -0.2) is 9.78 Å². The van der Waals surface area contributed by atoms with E-state index in [0.29, 0.717) is 24.5 Å². The summed E-state index contributed by atoms with van der Waals surface area (Å²) < 4.78 is 0. The van der Waals surface area contributed by atoms with Gasteiger partial charge in [-0.1, -0.05) is 0 Å². The van der Waals surface area contributed by atoms with Crippen LogP contribution in [0.3, 0.4) is 0 Å². The van der Waals surface area contributed by atoms with Crippen molar-refractivity contribution >= 4 is 23.4 Å². The van der Waals surface area contributed by atoms with Crippen molar-refractivity contribution in [3.8, 4) is 0 Å². The summed E-state index contributed by atoms with van der Waals surface area (Å²) in [6.07, 6.45) is 1.58. The average molecular weight is 319 g/mol. The Bertz CT molecular complexity index is 588. The van der Waals surface area contributed by atoms with E-state index in [1.165, 1.54) is 0 Å². The van der Waals surface area contributed by atoms with Crippen LogP contribution in [-0.4, -0.2) is 55.0 Å². The fourth-order valence-corrected chi connectivity index (χ4v) is 2.69. The molecule has 2 rings (SSSR count). The topological polar surface area (TPSA) is 77.6 Å². The molecule has 1 atom stereocenters. The first-order chi connectivity index (χ1) is 10.9. The van der Waals surface area contributed by atoms with E-state index < -0.39 is 6.04 Å². The molecule has 1 aliphatic rings. The maximum atomic E-state index is 12.2. The van der Waals surface area contributed by atoms with Crippen LogP contribution >= 0.6 is 0 Å². The first-order valence-electron chi connectivity index (χ1n) is 7.93. The van der Waals surface area contributed by atoms with Gasteiger partial charge in [0.15, 0.2) is 5.82 Å². The molecule has 0 saturated carbocycles. The highest BCUT2D eigenvalue weighted by Crippen LogP contribution is 2.22. The van der Waals surface area contributed by atoms with Crippen molar-refractivity contribution in [3.63, 3.8) is 0 Å². The highest BCUT2D eigenvalue weighted by Gasteiger charge is 2.29. The molecule has 0 aromatic carbocycles. The Morgan fingerprint density at radius 2 is 2.17 bits per heavy atom. The summed E-state index contributed by atoms with van der Waals surface area (Å²) in [6, 6.07) is 2.82. The van der Waals surface area contributed by atoms with Crippen LogP contribution in [-0.2, 0) is 4.79 Å². The monoisotopic (exact) mass is 319 g/mol. The summed E-state index contributed by atoms with van der Waals surface area (Å²) >= 11 is 0. The smallest absolute Gasteiger partial charge is 0.319 e. The Kier molecular flexibility index (Phi) is 5.41. The minimum atomic E-state index is -0.454. The number of carbonyl (C=O) groups is 2. The van der Waals surface area contributed by atoms with Crippen LogP contribution in [0.5, 0.6) is 0 Å². The Morgan fingerprint density at radius 3 is 2.83 bits per heavy atom. The zero-order valence-electron chi connectivity index (χ0n) is 14.2. The van der Waals surface area contributed by atoms with E-state index in [9.17, 15) is 9.59 Å². The van der Waals surface area contributed by atoms with Crippen LogP contribution in [0.1, 0.15) is 25.5 Å². The van der Waals surface area contributed by atoms with E-state index in [4.69, 9.17) is 0 Å². The van der Waals surface area contributed by atoms with Crippen LogP contribution in [0.15, 0.2) is 12.1 Å².